The average Bonchev–Trinajstić information content (AvgIpc) is 3.25. The zero-order chi connectivity index (χ0) is 39.7. The third-order valence-electron chi connectivity index (χ3n) is 8.98. The number of carbonyl (C=O) groups excluding carboxylic acids is 2. The first-order chi connectivity index (χ1) is 27.9. The molecule has 57 heavy (non-hydrogen) atoms. The molecule has 9 nitrogen and oxygen atoms in total. The fourth-order valence-corrected chi connectivity index (χ4v) is 6.02. The van der Waals surface area contributed by atoms with Crippen molar-refractivity contribution in [2.45, 2.75) is 57.5 Å². The smallest absolute Gasteiger partial charge is 0.331 e. The molecule has 0 aromatic heterocycles. The second kappa shape index (κ2) is 21.2. The lowest BCUT2D eigenvalue weighted by Gasteiger charge is -2.43. The molecule has 0 bridgehead atoms. The molecule has 0 amide bonds. The predicted octanol–water partition coefficient (Wildman–Crippen LogP) is 8.93. The third kappa shape index (κ3) is 12.6. The van der Waals surface area contributed by atoms with E-state index >= 15 is 0 Å². The molecule has 1 heterocycles. The summed E-state index contributed by atoms with van der Waals surface area (Å²) in [5.74, 6) is 0.116. The highest BCUT2D eigenvalue weighted by Crippen LogP contribution is 2.30. The van der Waals surface area contributed by atoms with Crippen molar-refractivity contribution in [1.82, 2.24) is 0 Å². The van der Waals surface area contributed by atoms with Gasteiger partial charge in [0.05, 0.1) is 19.3 Å². The van der Waals surface area contributed by atoms with Crippen LogP contribution in [0.4, 0.5) is 0 Å². The molecular formula is C48H46O9. The summed E-state index contributed by atoms with van der Waals surface area (Å²) in [6, 6.07) is 44.1. The maximum absolute atomic E-state index is 13.4. The first-order valence-corrected chi connectivity index (χ1v) is 18.8. The number of carbonyl (C=O) groups is 2. The van der Waals surface area contributed by atoms with Crippen LogP contribution < -0.4 is 9.47 Å². The van der Waals surface area contributed by atoms with E-state index in [0.717, 1.165) is 27.8 Å². The van der Waals surface area contributed by atoms with Crippen LogP contribution in [-0.2, 0) is 53.1 Å². The molecule has 0 spiro atoms. The molecule has 1 aliphatic heterocycles. The summed E-state index contributed by atoms with van der Waals surface area (Å²) in [5.41, 5.74) is 4.54. The van der Waals surface area contributed by atoms with Gasteiger partial charge in [-0.15, -0.1) is 6.58 Å². The molecular weight excluding hydrogens is 721 g/mol. The van der Waals surface area contributed by atoms with Crippen LogP contribution in [0.25, 0.3) is 12.2 Å². The predicted molar refractivity (Wildman–Crippen MR) is 218 cm³/mol. The van der Waals surface area contributed by atoms with E-state index in [0.29, 0.717) is 24.7 Å². The van der Waals surface area contributed by atoms with Gasteiger partial charge in [0.25, 0.3) is 0 Å². The van der Waals surface area contributed by atoms with E-state index in [-0.39, 0.29) is 13.2 Å². The molecule has 0 aliphatic carbocycles. The van der Waals surface area contributed by atoms with Gasteiger partial charge in [-0.25, -0.2) is 9.59 Å². The highest BCUT2D eigenvalue weighted by molar-refractivity contribution is 5.88. The molecule has 5 aromatic rings. The van der Waals surface area contributed by atoms with Crippen molar-refractivity contribution >= 4 is 24.1 Å². The van der Waals surface area contributed by atoms with Gasteiger partial charge < -0.3 is 33.2 Å². The van der Waals surface area contributed by atoms with Crippen molar-refractivity contribution in [2.75, 3.05) is 6.61 Å². The molecule has 0 radical (unpaired) electrons. The normalized spacial score (nSPS) is 19.2. The zero-order valence-electron chi connectivity index (χ0n) is 31.8. The highest BCUT2D eigenvalue weighted by Gasteiger charge is 2.49. The van der Waals surface area contributed by atoms with Gasteiger partial charge in [0.1, 0.15) is 30.8 Å². The molecule has 1 aliphatic rings. The monoisotopic (exact) mass is 766 g/mol. The van der Waals surface area contributed by atoms with Crippen molar-refractivity contribution in [3.05, 3.63) is 192 Å². The lowest BCUT2D eigenvalue weighted by Crippen LogP contribution is -2.60. The largest absolute Gasteiger partial charge is 0.489 e. The summed E-state index contributed by atoms with van der Waals surface area (Å²) in [4.78, 5) is 26.7. The maximum atomic E-state index is 13.4. The number of benzene rings is 5. The topological polar surface area (TPSA) is 98.8 Å². The Morgan fingerprint density at radius 1 is 0.561 bits per heavy atom. The van der Waals surface area contributed by atoms with E-state index < -0.39 is 42.6 Å². The van der Waals surface area contributed by atoms with Gasteiger partial charge in [0.2, 0.25) is 0 Å². The molecule has 5 atom stereocenters. The van der Waals surface area contributed by atoms with E-state index in [4.69, 9.17) is 33.2 Å². The lowest BCUT2D eigenvalue weighted by molar-refractivity contribution is -0.303. The Morgan fingerprint density at radius 2 is 1.00 bits per heavy atom. The number of ether oxygens (including phenoxy) is 7. The van der Waals surface area contributed by atoms with Crippen molar-refractivity contribution in [1.29, 1.82) is 0 Å². The molecule has 0 N–H and O–H groups in total. The summed E-state index contributed by atoms with van der Waals surface area (Å²) in [5, 5.41) is 0. The van der Waals surface area contributed by atoms with Gasteiger partial charge in [0, 0.05) is 12.2 Å². The van der Waals surface area contributed by atoms with Gasteiger partial charge >= 0.3 is 11.9 Å². The fraction of sp³-hybridized carbons (Fsp3) is 0.208. The molecule has 5 aromatic carbocycles. The third-order valence-corrected chi connectivity index (χ3v) is 8.98. The highest BCUT2D eigenvalue weighted by atomic mass is 16.7. The minimum atomic E-state index is -1.11. The first-order valence-electron chi connectivity index (χ1n) is 18.8. The molecule has 1 saturated heterocycles. The van der Waals surface area contributed by atoms with Gasteiger partial charge in [-0.2, -0.15) is 0 Å². The Morgan fingerprint density at radius 3 is 1.46 bits per heavy atom. The van der Waals surface area contributed by atoms with Crippen LogP contribution in [0.5, 0.6) is 11.5 Å². The average molecular weight is 767 g/mol. The standard InChI is InChI=1S/C48H46O9/c1-3-31-51-48-47(57-44(50)30-24-37-21-27-42(28-22-37)53-33-39-15-9-5-10-16-39)46(54-34-40-17-11-6-12-18-40)45(35(2)55-48)56-43(49)29-23-36-19-25-41(26-20-36)52-32-38-13-7-4-8-14-38/h3-30,35,45-48H,1,31-34H2,2H3/b29-23+,30-24+/t35-,45-,46+,47+,48+/m0/s1. The van der Waals surface area contributed by atoms with Gasteiger partial charge in [0.15, 0.2) is 18.5 Å². The number of rotatable bonds is 18. The number of esters is 2. The second-order valence-electron chi connectivity index (χ2n) is 13.2. The molecule has 1 fully saturated rings. The zero-order valence-corrected chi connectivity index (χ0v) is 31.8. The van der Waals surface area contributed by atoms with E-state index in [2.05, 4.69) is 6.58 Å². The van der Waals surface area contributed by atoms with Crippen LogP contribution >= 0.6 is 0 Å². The van der Waals surface area contributed by atoms with Crippen LogP contribution in [-0.4, -0.2) is 49.3 Å². The van der Waals surface area contributed by atoms with Crippen LogP contribution in [0, 0.1) is 0 Å². The van der Waals surface area contributed by atoms with E-state index in [9.17, 15) is 9.59 Å². The summed E-state index contributed by atoms with van der Waals surface area (Å²) < 4.78 is 42.3. The molecule has 6 rings (SSSR count). The maximum Gasteiger partial charge on any atom is 0.331 e. The SMILES string of the molecule is C=CCO[C@@H]1O[C@@H](C)[C@H](OC(=O)/C=C/c2ccc(OCc3ccccc3)cc2)[C@@H](OCc2ccccc2)[C@H]1OC(=O)/C=C/c1ccc(OCc2ccccc2)cc1. The number of hydrogen-bond donors (Lipinski definition) is 0. The molecule has 0 unspecified atom stereocenters. The van der Waals surface area contributed by atoms with Crippen LogP contribution in [0.15, 0.2) is 164 Å². The van der Waals surface area contributed by atoms with Gasteiger partial charge in [-0.1, -0.05) is 121 Å². The lowest BCUT2D eigenvalue weighted by atomic mass is 9.98. The summed E-state index contributed by atoms with van der Waals surface area (Å²) in [7, 11) is 0. The van der Waals surface area contributed by atoms with E-state index in [1.165, 1.54) is 12.2 Å². The summed E-state index contributed by atoms with van der Waals surface area (Å²) in [6.45, 7) is 6.66. The summed E-state index contributed by atoms with van der Waals surface area (Å²) >= 11 is 0. The quantitative estimate of drug-likeness (QED) is 0.0492. The van der Waals surface area contributed by atoms with Gasteiger partial charge in [-0.05, 0) is 71.2 Å². The van der Waals surface area contributed by atoms with Crippen LogP contribution in [0.2, 0.25) is 0 Å². The molecule has 9 heteroatoms. The van der Waals surface area contributed by atoms with Crippen molar-refractivity contribution in [3.63, 3.8) is 0 Å². The van der Waals surface area contributed by atoms with Crippen LogP contribution in [0.3, 0.4) is 0 Å². The van der Waals surface area contributed by atoms with Gasteiger partial charge in [-0.3, -0.25) is 0 Å². The van der Waals surface area contributed by atoms with Crippen molar-refractivity contribution < 1.29 is 42.7 Å². The molecule has 292 valence electrons. The fourth-order valence-electron chi connectivity index (χ4n) is 6.02. The minimum Gasteiger partial charge on any atom is -0.489 e. The summed E-state index contributed by atoms with van der Waals surface area (Å²) in [6.07, 6.45) is 2.75. The Balaban J connectivity index is 1.13. The van der Waals surface area contributed by atoms with E-state index in [1.807, 2.05) is 140 Å². The van der Waals surface area contributed by atoms with Crippen molar-refractivity contribution in [2.24, 2.45) is 0 Å². The Labute approximate surface area is 333 Å². The van der Waals surface area contributed by atoms with Crippen molar-refractivity contribution in [3.8, 4) is 11.5 Å². The molecule has 0 saturated carbocycles. The second-order valence-corrected chi connectivity index (χ2v) is 13.2. The Kier molecular flexibility index (Phi) is 15.0. The minimum absolute atomic E-state index is 0.120. The Bertz CT molecular complexity index is 2050. The Hall–Kier alpha value is -6.26. The van der Waals surface area contributed by atoms with E-state index in [1.54, 1.807) is 25.2 Å². The number of hydrogen-bond acceptors (Lipinski definition) is 9. The first kappa shape index (κ1) is 40.4. The van der Waals surface area contributed by atoms with Crippen LogP contribution in [0.1, 0.15) is 34.7 Å².